The molecule has 1 atom stereocenters. The third-order valence-corrected chi connectivity index (χ3v) is 5.98. The van der Waals surface area contributed by atoms with E-state index in [1.807, 2.05) is 18.0 Å². The van der Waals surface area contributed by atoms with Crippen molar-refractivity contribution < 1.29 is 19.1 Å². The smallest absolute Gasteiger partial charge is 0.294 e. The Hall–Kier alpha value is -4.05. The Bertz CT molecular complexity index is 1280. The van der Waals surface area contributed by atoms with Gasteiger partial charge in [0, 0.05) is 38.8 Å². The lowest BCUT2D eigenvalue weighted by Gasteiger charge is -2.39. The zero-order valence-corrected chi connectivity index (χ0v) is 19.4. The molecule has 2 heterocycles. The molecular weight excluding hydrogens is 453 g/mol. The second-order valence-corrected chi connectivity index (χ2v) is 8.58. The number of nitrogens with one attached hydrogen (secondary N) is 1. The number of hydrogen-bond acceptors (Lipinski definition) is 6. The average molecular weight is 480 g/mol. The molecule has 2 N–H and O–H groups in total. The molecule has 0 bridgehead atoms. The van der Waals surface area contributed by atoms with E-state index >= 15 is 0 Å². The summed E-state index contributed by atoms with van der Waals surface area (Å²) in [7, 11) is 3.38. The highest BCUT2D eigenvalue weighted by Crippen LogP contribution is 2.25. The van der Waals surface area contributed by atoms with Crippen molar-refractivity contribution in [3.05, 3.63) is 93.4 Å². The van der Waals surface area contributed by atoms with E-state index in [2.05, 4.69) is 9.97 Å². The van der Waals surface area contributed by atoms with Crippen LogP contribution in [0.4, 0.5) is 4.39 Å². The number of aromatic hydroxyl groups is 1. The zero-order chi connectivity index (χ0) is 25.1. The van der Waals surface area contributed by atoms with Crippen LogP contribution in [0.5, 0.6) is 5.75 Å². The van der Waals surface area contributed by atoms with E-state index in [0.717, 1.165) is 0 Å². The van der Waals surface area contributed by atoms with Gasteiger partial charge in [-0.2, -0.15) is 0 Å². The van der Waals surface area contributed by atoms with Crippen LogP contribution < -0.4 is 5.56 Å². The Morgan fingerprint density at radius 2 is 1.83 bits per heavy atom. The standard InChI is InChI=1S/C25H26FN5O4/c1-29-12-13-31(24(34)17-6-4-3-5-7-17)19(15-29)22-27-20(21(32)23(33)28-22)25(35)30(2)14-16-8-10-18(26)11-9-16/h3-11,19,32H,12-15H2,1-2H3,(H,27,28,33). The number of carbonyl (C=O) groups excluding carboxylic acids is 2. The maximum absolute atomic E-state index is 13.2. The fourth-order valence-electron chi connectivity index (χ4n) is 4.05. The van der Waals surface area contributed by atoms with Gasteiger partial charge in [0.05, 0.1) is 0 Å². The van der Waals surface area contributed by atoms with Gasteiger partial charge in [0.1, 0.15) is 17.7 Å². The number of piperazine rings is 1. The lowest BCUT2D eigenvalue weighted by molar-refractivity contribution is 0.0480. The van der Waals surface area contributed by atoms with Crippen LogP contribution in [0.15, 0.2) is 59.4 Å². The maximum Gasteiger partial charge on any atom is 0.294 e. The van der Waals surface area contributed by atoms with Crippen molar-refractivity contribution in [2.75, 3.05) is 33.7 Å². The van der Waals surface area contributed by atoms with Crippen LogP contribution in [-0.2, 0) is 6.54 Å². The summed E-state index contributed by atoms with van der Waals surface area (Å²) in [6.45, 7) is 1.52. The molecule has 1 fully saturated rings. The van der Waals surface area contributed by atoms with Crippen molar-refractivity contribution in [1.29, 1.82) is 0 Å². The topological polar surface area (TPSA) is 110 Å². The molecular formula is C25H26FN5O4. The van der Waals surface area contributed by atoms with Crippen molar-refractivity contribution in [3.63, 3.8) is 0 Å². The molecule has 1 aliphatic heterocycles. The number of H-pyrrole nitrogens is 1. The van der Waals surface area contributed by atoms with Crippen molar-refractivity contribution in [1.82, 2.24) is 24.7 Å². The van der Waals surface area contributed by atoms with E-state index in [1.54, 1.807) is 41.3 Å². The molecule has 1 aliphatic rings. The third kappa shape index (κ3) is 5.22. The highest BCUT2D eigenvalue weighted by Gasteiger charge is 2.34. The van der Waals surface area contributed by atoms with Gasteiger partial charge in [-0.1, -0.05) is 30.3 Å². The summed E-state index contributed by atoms with van der Waals surface area (Å²) < 4.78 is 13.2. The minimum Gasteiger partial charge on any atom is -0.501 e. The van der Waals surface area contributed by atoms with Gasteiger partial charge in [0.25, 0.3) is 17.4 Å². The maximum atomic E-state index is 13.2. The van der Waals surface area contributed by atoms with Crippen LogP contribution >= 0.6 is 0 Å². The summed E-state index contributed by atoms with van der Waals surface area (Å²) in [5.41, 5.74) is -0.110. The fraction of sp³-hybridized carbons (Fsp3) is 0.280. The van der Waals surface area contributed by atoms with Crippen LogP contribution in [0.2, 0.25) is 0 Å². The molecule has 4 rings (SSSR count). The number of rotatable bonds is 5. The van der Waals surface area contributed by atoms with Gasteiger partial charge in [-0.05, 0) is 36.9 Å². The van der Waals surface area contributed by atoms with Gasteiger partial charge >= 0.3 is 0 Å². The lowest BCUT2D eigenvalue weighted by Crippen LogP contribution is -2.50. The minimum atomic E-state index is -0.867. The van der Waals surface area contributed by atoms with Crippen LogP contribution in [0, 0.1) is 5.82 Å². The second-order valence-electron chi connectivity index (χ2n) is 8.58. The number of benzene rings is 2. The Kier molecular flexibility index (Phi) is 6.92. The van der Waals surface area contributed by atoms with Crippen LogP contribution in [0.3, 0.4) is 0 Å². The first-order chi connectivity index (χ1) is 16.7. The van der Waals surface area contributed by atoms with Crippen molar-refractivity contribution in [2.45, 2.75) is 12.6 Å². The molecule has 0 saturated carbocycles. The molecule has 9 nitrogen and oxygen atoms in total. The van der Waals surface area contributed by atoms with Gasteiger partial charge in [-0.15, -0.1) is 0 Å². The number of amides is 2. The molecule has 0 radical (unpaired) electrons. The van der Waals surface area contributed by atoms with Crippen LogP contribution in [0.1, 0.15) is 38.3 Å². The predicted molar refractivity (Wildman–Crippen MR) is 126 cm³/mol. The first kappa shape index (κ1) is 24.1. The van der Waals surface area contributed by atoms with Crippen LogP contribution in [0.25, 0.3) is 0 Å². The highest BCUT2D eigenvalue weighted by atomic mass is 19.1. The zero-order valence-electron chi connectivity index (χ0n) is 19.4. The monoisotopic (exact) mass is 479 g/mol. The summed E-state index contributed by atoms with van der Waals surface area (Å²) in [4.78, 5) is 50.7. The first-order valence-electron chi connectivity index (χ1n) is 11.1. The molecule has 2 amide bonds. The SMILES string of the molecule is CN1CCN(C(=O)c2ccccc2)C(c2nc(C(=O)N(C)Cc3ccc(F)cc3)c(O)c(=O)[nH]2)C1. The van der Waals surface area contributed by atoms with Gasteiger partial charge in [0.2, 0.25) is 5.75 Å². The Morgan fingerprint density at radius 3 is 2.51 bits per heavy atom. The second kappa shape index (κ2) is 10.1. The van der Waals surface area contributed by atoms with E-state index in [-0.39, 0.29) is 18.3 Å². The molecule has 10 heteroatoms. The molecule has 1 unspecified atom stereocenters. The number of aromatic amines is 1. The van der Waals surface area contributed by atoms with E-state index in [1.165, 1.54) is 24.1 Å². The number of carbonyl (C=O) groups is 2. The summed E-state index contributed by atoms with van der Waals surface area (Å²) >= 11 is 0. The van der Waals surface area contributed by atoms with Gasteiger partial charge in [-0.3, -0.25) is 14.4 Å². The Morgan fingerprint density at radius 1 is 1.14 bits per heavy atom. The molecule has 0 aliphatic carbocycles. The van der Waals surface area contributed by atoms with Gasteiger partial charge in [-0.25, -0.2) is 9.37 Å². The first-order valence-corrected chi connectivity index (χ1v) is 11.1. The molecule has 182 valence electrons. The molecule has 35 heavy (non-hydrogen) atoms. The molecule has 3 aromatic rings. The number of nitrogens with zero attached hydrogens (tertiary/aromatic N) is 4. The lowest BCUT2D eigenvalue weighted by atomic mass is 10.1. The predicted octanol–water partition coefficient (Wildman–Crippen LogP) is 2.02. The van der Waals surface area contributed by atoms with Crippen molar-refractivity contribution >= 4 is 11.8 Å². The molecule has 0 spiro atoms. The molecule has 1 aromatic heterocycles. The van der Waals surface area contributed by atoms with E-state index < -0.39 is 34.8 Å². The third-order valence-electron chi connectivity index (χ3n) is 5.98. The van der Waals surface area contributed by atoms with Gasteiger partial charge in [0.15, 0.2) is 5.69 Å². The Balaban J connectivity index is 1.65. The number of halogens is 1. The summed E-state index contributed by atoms with van der Waals surface area (Å²) in [6, 6.07) is 13.8. The Labute approximate surface area is 201 Å². The number of hydrogen-bond donors (Lipinski definition) is 2. The summed E-state index contributed by atoms with van der Waals surface area (Å²) in [5, 5.41) is 10.4. The normalized spacial score (nSPS) is 16.2. The fourth-order valence-corrected chi connectivity index (χ4v) is 4.05. The molecule has 2 aromatic carbocycles. The number of aromatic nitrogens is 2. The highest BCUT2D eigenvalue weighted by molar-refractivity contribution is 5.95. The van der Waals surface area contributed by atoms with Crippen molar-refractivity contribution in [3.8, 4) is 5.75 Å². The van der Waals surface area contributed by atoms with E-state index in [0.29, 0.717) is 30.8 Å². The number of likely N-dealkylation sites (N-methyl/N-ethyl adjacent to an activating group) is 1. The van der Waals surface area contributed by atoms with E-state index in [4.69, 9.17) is 0 Å². The van der Waals surface area contributed by atoms with Crippen molar-refractivity contribution in [2.24, 2.45) is 0 Å². The summed E-state index contributed by atoms with van der Waals surface area (Å²) in [5.74, 6) is -1.98. The van der Waals surface area contributed by atoms with Gasteiger partial charge < -0.3 is 24.8 Å². The molecule has 1 saturated heterocycles. The average Bonchev–Trinajstić information content (AvgIpc) is 2.86. The van der Waals surface area contributed by atoms with E-state index in [9.17, 15) is 23.9 Å². The van der Waals surface area contributed by atoms with Crippen LogP contribution in [-0.4, -0.2) is 75.3 Å². The minimum absolute atomic E-state index is 0.113. The quantitative estimate of drug-likeness (QED) is 0.580. The summed E-state index contributed by atoms with van der Waals surface area (Å²) in [6.07, 6.45) is 0. The largest absolute Gasteiger partial charge is 0.501 e.